The highest BCUT2D eigenvalue weighted by Gasteiger charge is 2.60. The molecule has 1 saturated heterocycles. The summed E-state index contributed by atoms with van der Waals surface area (Å²) in [6.07, 6.45) is -1.38. The molecule has 2 aliphatic rings. The van der Waals surface area contributed by atoms with E-state index in [0.29, 0.717) is 19.8 Å². The molecule has 1 fully saturated rings. The lowest BCUT2D eigenvalue weighted by molar-refractivity contribution is -0.332. The van der Waals surface area contributed by atoms with E-state index in [0.717, 1.165) is 22.3 Å². The maximum Gasteiger partial charge on any atom is 0.357 e. The zero-order chi connectivity index (χ0) is 31.6. The molecule has 8 nitrogen and oxygen atoms in total. The van der Waals surface area contributed by atoms with Crippen LogP contribution in [0, 0.1) is 0 Å². The van der Waals surface area contributed by atoms with E-state index < -0.39 is 36.0 Å². The number of esters is 1. The van der Waals surface area contributed by atoms with Gasteiger partial charge in [0.1, 0.15) is 18.1 Å². The summed E-state index contributed by atoms with van der Waals surface area (Å²) in [7, 11) is 0. The number of ether oxygens (including phenoxy) is 5. The van der Waals surface area contributed by atoms with Crippen LogP contribution >= 0.6 is 0 Å². The summed E-state index contributed by atoms with van der Waals surface area (Å²) in [6, 6.07) is 39.6. The number of carbonyl (C=O) groups is 1. The van der Waals surface area contributed by atoms with Gasteiger partial charge in [-0.2, -0.15) is 0 Å². The Morgan fingerprint density at radius 1 is 0.761 bits per heavy atom. The standard InChI is InChI=1S/C38H39NO7/c1-2-42-37(40)35-34(31-21-13-6-14-22-31)38(46-39-35)23-32(43-25-29-17-9-4-10-18-29)36(44-26-30-19-11-5-12-20-30)33(45-38)27-41-24-28-15-7-3-8-16-28/h3-22,32-34,36H,2,23-27H2,1H3/t32-,33-,34+,36-,38+/m1/s1. The Morgan fingerprint density at radius 3 is 1.89 bits per heavy atom. The van der Waals surface area contributed by atoms with E-state index in [1.54, 1.807) is 6.92 Å². The maximum atomic E-state index is 13.2. The monoisotopic (exact) mass is 621 g/mol. The molecule has 0 aliphatic carbocycles. The molecule has 1 spiro atoms. The van der Waals surface area contributed by atoms with Gasteiger partial charge in [0.2, 0.25) is 0 Å². The zero-order valence-electron chi connectivity index (χ0n) is 25.9. The van der Waals surface area contributed by atoms with Crippen LogP contribution in [0.2, 0.25) is 0 Å². The molecular formula is C38H39NO7. The molecule has 0 unspecified atom stereocenters. The van der Waals surface area contributed by atoms with Crippen LogP contribution in [0.3, 0.4) is 0 Å². The molecule has 238 valence electrons. The number of oxime groups is 1. The van der Waals surface area contributed by atoms with Crippen molar-refractivity contribution in [2.45, 2.75) is 63.2 Å². The lowest BCUT2D eigenvalue weighted by Gasteiger charge is -2.47. The maximum absolute atomic E-state index is 13.2. The normalized spacial score (nSPS) is 23.9. The van der Waals surface area contributed by atoms with Crippen LogP contribution in [0.1, 0.15) is 41.5 Å². The third-order valence-electron chi connectivity index (χ3n) is 8.18. The zero-order valence-corrected chi connectivity index (χ0v) is 25.9. The van der Waals surface area contributed by atoms with Crippen molar-refractivity contribution in [3.05, 3.63) is 144 Å². The van der Waals surface area contributed by atoms with Gasteiger partial charge in [-0.05, 0) is 29.2 Å². The second kappa shape index (κ2) is 15.3. The summed E-state index contributed by atoms with van der Waals surface area (Å²) in [5.41, 5.74) is 4.07. The Morgan fingerprint density at radius 2 is 1.30 bits per heavy atom. The third-order valence-corrected chi connectivity index (χ3v) is 8.18. The fourth-order valence-corrected chi connectivity index (χ4v) is 6.02. The molecule has 4 aromatic carbocycles. The molecule has 0 bridgehead atoms. The van der Waals surface area contributed by atoms with Gasteiger partial charge >= 0.3 is 5.97 Å². The van der Waals surface area contributed by atoms with Gasteiger partial charge in [0.05, 0.1) is 39.1 Å². The first kappa shape index (κ1) is 31.6. The predicted molar refractivity (Wildman–Crippen MR) is 173 cm³/mol. The highest BCUT2D eigenvalue weighted by molar-refractivity contribution is 6.39. The van der Waals surface area contributed by atoms with Gasteiger partial charge < -0.3 is 28.5 Å². The minimum absolute atomic E-state index is 0.155. The minimum atomic E-state index is -1.36. The molecule has 8 heteroatoms. The molecule has 6 rings (SSSR count). The van der Waals surface area contributed by atoms with Crippen LogP contribution in [-0.4, -0.2) is 49.0 Å². The van der Waals surface area contributed by atoms with E-state index in [1.165, 1.54) is 0 Å². The van der Waals surface area contributed by atoms with Gasteiger partial charge in [-0.3, -0.25) is 0 Å². The van der Waals surface area contributed by atoms with E-state index in [9.17, 15) is 4.79 Å². The Balaban J connectivity index is 1.34. The number of nitrogens with zero attached hydrogens (tertiary/aromatic N) is 1. The average molecular weight is 622 g/mol. The summed E-state index contributed by atoms with van der Waals surface area (Å²) in [5, 5.41) is 4.30. The Labute approximate surface area is 269 Å². The first-order valence-electron chi connectivity index (χ1n) is 15.7. The van der Waals surface area contributed by atoms with Crippen LogP contribution in [0.25, 0.3) is 0 Å². The first-order valence-corrected chi connectivity index (χ1v) is 15.7. The quantitative estimate of drug-likeness (QED) is 0.156. The van der Waals surface area contributed by atoms with Gasteiger partial charge in [-0.15, -0.1) is 0 Å². The van der Waals surface area contributed by atoms with Gasteiger partial charge in [0.25, 0.3) is 5.79 Å². The molecule has 0 radical (unpaired) electrons. The second-order valence-corrected chi connectivity index (χ2v) is 11.4. The van der Waals surface area contributed by atoms with E-state index in [4.69, 9.17) is 28.5 Å². The molecule has 0 amide bonds. The number of carbonyl (C=O) groups excluding carboxylic acids is 1. The summed E-state index contributed by atoms with van der Waals surface area (Å²) in [5.74, 6) is -2.57. The van der Waals surface area contributed by atoms with Gasteiger partial charge in [0, 0.05) is 6.42 Å². The molecule has 46 heavy (non-hydrogen) atoms. The largest absolute Gasteiger partial charge is 0.461 e. The number of hydrogen-bond acceptors (Lipinski definition) is 8. The fraction of sp³-hybridized carbons (Fsp3) is 0.316. The van der Waals surface area contributed by atoms with Crippen molar-refractivity contribution in [3.63, 3.8) is 0 Å². The first-order chi connectivity index (χ1) is 22.6. The average Bonchev–Trinajstić information content (AvgIpc) is 3.46. The number of rotatable bonds is 13. The number of benzene rings is 4. The Hall–Kier alpha value is -4.34. The van der Waals surface area contributed by atoms with Gasteiger partial charge in [0.15, 0.2) is 5.71 Å². The molecule has 5 atom stereocenters. The van der Waals surface area contributed by atoms with E-state index >= 15 is 0 Å². The van der Waals surface area contributed by atoms with E-state index in [2.05, 4.69) is 5.16 Å². The van der Waals surface area contributed by atoms with Crippen LogP contribution in [-0.2, 0) is 53.1 Å². The Kier molecular flexibility index (Phi) is 10.5. The highest BCUT2D eigenvalue weighted by atomic mass is 16.8. The van der Waals surface area contributed by atoms with E-state index in [1.807, 2.05) is 121 Å². The van der Waals surface area contributed by atoms with Crippen LogP contribution in [0.5, 0.6) is 0 Å². The van der Waals surface area contributed by atoms with Crippen molar-refractivity contribution in [1.82, 2.24) is 0 Å². The van der Waals surface area contributed by atoms with Gasteiger partial charge in [-0.1, -0.05) is 126 Å². The second-order valence-electron chi connectivity index (χ2n) is 11.4. The number of hydrogen-bond donors (Lipinski definition) is 0. The van der Waals surface area contributed by atoms with Crippen molar-refractivity contribution in [2.24, 2.45) is 5.16 Å². The van der Waals surface area contributed by atoms with Crippen LogP contribution < -0.4 is 0 Å². The molecule has 0 aromatic heterocycles. The molecular weight excluding hydrogens is 582 g/mol. The lowest BCUT2D eigenvalue weighted by atomic mass is 9.80. The van der Waals surface area contributed by atoms with Crippen molar-refractivity contribution in [1.29, 1.82) is 0 Å². The van der Waals surface area contributed by atoms with E-state index in [-0.39, 0.29) is 25.3 Å². The summed E-state index contributed by atoms with van der Waals surface area (Å²) >= 11 is 0. The summed E-state index contributed by atoms with van der Waals surface area (Å²) in [6.45, 7) is 3.27. The van der Waals surface area contributed by atoms with Gasteiger partial charge in [-0.25, -0.2) is 4.79 Å². The Bertz CT molecular complexity index is 1550. The van der Waals surface area contributed by atoms with Crippen molar-refractivity contribution in [2.75, 3.05) is 13.2 Å². The topological polar surface area (TPSA) is 84.8 Å². The molecule has 0 N–H and O–H groups in total. The summed E-state index contributed by atoms with van der Waals surface area (Å²) in [4.78, 5) is 19.4. The highest BCUT2D eigenvalue weighted by Crippen LogP contribution is 2.48. The predicted octanol–water partition coefficient (Wildman–Crippen LogP) is 6.59. The summed E-state index contributed by atoms with van der Waals surface area (Å²) < 4.78 is 31.9. The third kappa shape index (κ3) is 7.54. The lowest BCUT2D eigenvalue weighted by Crippen LogP contribution is -2.60. The van der Waals surface area contributed by atoms with Crippen molar-refractivity contribution < 1.29 is 33.3 Å². The molecule has 0 saturated carbocycles. The molecule has 2 heterocycles. The van der Waals surface area contributed by atoms with Crippen LogP contribution in [0.4, 0.5) is 0 Å². The van der Waals surface area contributed by atoms with Crippen molar-refractivity contribution in [3.8, 4) is 0 Å². The van der Waals surface area contributed by atoms with Crippen LogP contribution in [0.15, 0.2) is 126 Å². The molecule has 2 aliphatic heterocycles. The van der Waals surface area contributed by atoms with Crippen molar-refractivity contribution >= 4 is 11.7 Å². The SMILES string of the molecule is CCOC(=O)C1=NO[C@@]2(C[C@@H](OCc3ccccc3)[C@@H](OCc3ccccc3)[C@@H](COCc3ccccc3)O2)[C@H]1c1ccccc1. The minimum Gasteiger partial charge on any atom is -0.461 e. The molecule has 4 aromatic rings. The fourth-order valence-electron chi connectivity index (χ4n) is 6.02. The smallest absolute Gasteiger partial charge is 0.357 e.